The van der Waals surface area contributed by atoms with Gasteiger partial charge in [0.25, 0.3) is 0 Å². The van der Waals surface area contributed by atoms with Crippen LogP contribution in [0.15, 0.2) is 6.33 Å². The van der Waals surface area contributed by atoms with E-state index >= 15 is 0 Å². The van der Waals surface area contributed by atoms with Crippen LogP contribution in [-0.4, -0.2) is 29.1 Å². The van der Waals surface area contributed by atoms with Crippen LogP contribution in [0.2, 0.25) is 0 Å². The van der Waals surface area contributed by atoms with Gasteiger partial charge in [0.15, 0.2) is 0 Å². The van der Waals surface area contributed by atoms with Crippen molar-refractivity contribution >= 4 is 17.6 Å². The molecule has 1 unspecified atom stereocenters. The van der Waals surface area contributed by atoms with Crippen molar-refractivity contribution in [3.63, 3.8) is 0 Å². The number of methoxy groups -OCH3 is 1. The molecule has 4 N–H and O–H groups in total. The number of nitrogens with two attached hydrogens (primary N) is 1. The molecule has 1 aromatic rings. The van der Waals surface area contributed by atoms with E-state index in [1.54, 1.807) is 0 Å². The summed E-state index contributed by atoms with van der Waals surface area (Å²) in [6, 6.07) is -0.464. The number of hydrazine groups is 1. The second-order valence-electron chi connectivity index (χ2n) is 4.23. The number of carbonyl (C=O) groups excluding carboxylic acids is 1. The number of hydrogen-bond donors (Lipinski definition) is 3. The van der Waals surface area contributed by atoms with E-state index in [1.807, 2.05) is 20.8 Å². The van der Waals surface area contributed by atoms with Crippen LogP contribution in [0, 0.1) is 12.8 Å². The first-order valence-corrected chi connectivity index (χ1v) is 5.63. The smallest absolute Gasteiger partial charge is 0.328 e. The standard InChI is InChI=1S/C11H19N5O2/c1-6(2)8(11(17)18-4)15-9-7(3)10(16-12)14-5-13-9/h5-6,8H,12H2,1-4H3,(H2,13,14,15,16). The average molecular weight is 253 g/mol. The molecular weight excluding hydrogens is 234 g/mol. The largest absolute Gasteiger partial charge is 0.467 e. The highest BCUT2D eigenvalue weighted by Crippen LogP contribution is 2.19. The summed E-state index contributed by atoms with van der Waals surface area (Å²) >= 11 is 0. The Bertz CT molecular complexity index is 422. The first kappa shape index (κ1) is 14.2. The fourth-order valence-electron chi connectivity index (χ4n) is 1.51. The highest BCUT2D eigenvalue weighted by molar-refractivity contribution is 5.79. The highest BCUT2D eigenvalue weighted by atomic mass is 16.5. The normalized spacial score (nSPS) is 12.1. The molecule has 0 aromatic carbocycles. The zero-order chi connectivity index (χ0) is 13.7. The quantitative estimate of drug-likeness (QED) is 0.403. The first-order valence-electron chi connectivity index (χ1n) is 5.63. The van der Waals surface area contributed by atoms with Crippen molar-refractivity contribution in [3.8, 4) is 0 Å². The SMILES string of the molecule is COC(=O)C(Nc1ncnc(NN)c1C)C(C)C. The molecule has 0 amide bonds. The Labute approximate surface area is 106 Å². The van der Waals surface area contributed by atoms with Crippen LogP contribution in [0.5, 0.6) is 0 Å². The Morgan fingerprint density at radius 3 is 2.50 bits per heavy atom. The van der Waals surface area contributed by atoms with Gasteiger partial charge in [-0.3, -0.25) is 0 Å². The van der Waals surface area contributed by atoms with Gasteiger partial charge in [-0.05, 0) is 12.8 Å². The maximum atomic E-state index is 11.7. The fraction of sp³-hybridized carbons (Fsp3) is 0.545. The molecular formula is C11H19N5O2. The first-order chi connectivity index (χ1) is 8.51. The number of nitrogens with zero attached hydrogens (tertiary/aromatic N) is 2. The topological polar surface area (TPSA) is 102 Å². The van der Waals surface area contributed by atoms with Gasteiger partial charge in [-0.25, -0.2) is 20.6 Å². The van der Waals surface area contributed by atoms with Gasteiger partial charge in [-0.1, -0.05) is 13.8 Å². The van der Waals surface area contributed by atoms with Gasteiger partial charge in [0.2, 0.25) is 0 Å². The number of ether oxygens (including phenoxy) is 1. The Kier molecular flexibility index (Phi) is 4.85. The summed E-state index contributed by atoms with van der Waals surface area (Å²) in [6.07, 6.45) is 1.37. The van der Waals surface area contributed by atoms with E-state index in [0.29, 0.717) is 11.6 Å². The maximum Gasteiger partial charge on any atom is 0.328 e. The van der Waals surface area contributed by atoms with Gasteiger partial charge in [-0.2, -0.15) is 0 Å². The predicted molar refractivity (Wildman–Crippen MR) is 68.8 cm³/mol. The van der Waals surface area contributed by atoms with Crippen molar-refractivity contribution in [1.29, 1.82) is 0 Å². The van der Waals surface area contributed by atoms with E-state index in [9.17, 15) is 4.79 Å². The van der Waals surface area contributed by atoms with Crippen molar-refractivity contribution in [2.75, 3.05) is 17.9 Å². The summed E-state index contributed by atoms with van der Waals surface area (Å²) in [5.41, 5.74) is 3.22. The average Bonchev–Trinajstić information content (AvgIpc) is 2.36. The lowest BCUT2D eigenvalue weighted by atomic mass is 10.0. The van der Waals surface area contributed by atoms with Gasteiger partial charge in [0.05, 0.1) is 7.11 Å². The summed E-state index contributed by atoms with van der Waals surface area (Å²) < 4.78 is 4.76. The van der Waals surface area contributed by atoms with Gasteiger partial charge >= 0.3 is 5.97 Å². The Morgan fingerprint density at radius 2 is 2.00 bits per heavy atom. The summed E-state index contributed by atoms with van der Waals surface area (Å²) in [5.74, 6) is 6.15. The second-order valence-corrected chi connectivity index (χ2v) is 4.23. The number of rotatable bonds is 5. The van der Waals surface area contributed by atoms with Crippen LogP contribution in [0.1, 0.15) is 19.4 Å². The van der Waals surface area contributed by atoms with Crippen molar-refractivity contribution in [1.82, 2.24) is 9.97 Å². The summed E-state index contributed by atoms with van der Waals surface area (Å²) in [7, 11) is 1.36. The van der Waals surface area contributed by atoms with E-state index in [2.05, 4.69) is 20.7 Å². The zero-order valence-corrected chi connectivity index (χ0v) is 11.0. The number of aromatic nitrogens is 2. The van der Waals surface area contributed by atoms with Crippen LogP contribution < -0.4 is 16.6 Å². The number of esters is 1. The number of nitrogen functional groups attached to an aromatic ring is 1. The minimum absolute atomic E-state index is 0.0705. The molecule has 0 aliphatic heterocycles. The molecule has 1 atom stereocenters. The molecule has 1 aromatic heterocycles. The zero-order valence-electron chi connectivity index (χ0n) is 11.0. The lowest BCUT2D eigenvalue weighted by Crippen LogP contribution is -2.36. The summed E-state index contributed by atoms with van der Waals surface area (Å²) in [6.45, 7) is 5.66. The molecule has 0 bridgehead atoms. The number of hydrogen-bond acceptors (Lipinski definition) is 7. The molecule has 1 rings (SSSR count). The molecule has 18 heavy (non-hydrogen) atoms. The molecule has 0 saturated heterocycles. The van der Waals surface area contributed by atoms with Crippen LogP contribution >= 0.6 is 0 Å². The molecule has 0 aliphatic carbocycles. The predicted octanol–water partition coefficient (Wildman–Crippen LogP) is 0.680. The third-order valence-electron chi connectivity index (χ3n) is 2.63. The van der Waals surface area contributed by atoms with Crippen molar-refractivity contribution in [3.05, 3.63) is 11.9 Å². The van der Waals surface area contributed by atoms with Gasteiger partial charge in [-0.15, -0.1) is 0 Å². The van der Waals surface area contributed by atoms with E-state index in [1.165, 1.54) is 13.4 Å². The fourth-order valence-corrected chi connectivity index (χ4v) is 1.51. The number of nitrogens with one attached hydrogen (secondary N) is 2. The minimum atomic E-state index is -0.464. The van der Waals surface area contributed by atoms with Crippen molar-refractivity contribution in [2.45, 2.75) is 26.8 Å². The lowest BCUT2D eigenvalue weighted by Gasteiger charge is -2.21. The van der Waals surface area contributed by atoms with Crippen LogP contribution in [0.3, 0.4) is 0 Å². The Morgan fingerprint density at radius 1 is 1.39 bits per heavy atom. The van der Waals surface area contributed by atoms with E-state index in [0.717, 1.165) is 5.56 Å². The van der Waals surface area contributed by atoms with Crippen molar-refractivity contribution in [2.24, 2.45) is 11.8 Å². The van der Waals surface area contributed by atoms with Crippen LogP contribution in [0.25, 0.3) is 0 Å². The molecule has 0 saturated carbocycles. The summed E-state index contributed by atoms with van der Waals surface area (Å²) in [5, 5.41) is 3.05. The molecule has 0 spiro atoms. The van der Waals surface area contributed by atoms with E-state index in [-0.39, 0.29) is 11.9 Å². The number of carbonyl (C=O) groups is 1. The number of anilines is 2. The van der Waals surface area contributed by atoms with Crippen LogP contribution in [0.4, 0.5) is 11.6 Å². The summed E-state index contributed by atoms with van der Waals surface area (Å²) in [4.78, 5) is 19.7. The molecule has 7 nitrogen and oxygen atoms in total. The van der Waals surface area contributed by atoms with Gasteiger partial charge in [0, 0.05) is 5.56 Å². The Balaban J connectivity index is 2.97. The third-order valence-corrected chi connectivity index (χ3v) is 2.63. The van der Waals surface area contributed by atoms with Gasteiger partial charge < -0.3 is 15.5 Å². The molecule has 0 aliphatic rings. The molecule has 100 valence electrons. The highest BCUT2D eigenvalue weighted by Gasteiger charge is 2.24. The minimum Gasteiger partial charge on any atom is -0.467 e. The molecule has 0 fully saturated rings. The molecule has 0 radical (unpaired) electrons. The van der Waals surface area contributed by atoms with Crippen LogP contribution in [-0.2, 0) is 9.53 Å². The lowest BCUT2D eigenvalue weighted by molar-refractivity contribution is -0.142. The molecule has 7 heteroatoms. The van der Waals surface area contributed by atoms with Crippen molar-refractivity contribution < 1.29 is 9.53 Å². The van der Waals surface area contributed by atoms with E-state index in [4.69, 9.17) is 10.6 Å². The monoisotopic (exact) mass is 253 g/mol. The second kappa shape index (κ2) is 6.15. The maximum absolute atomic E-state index is 11.7. The molecule has 1 heterocycles. The third kappa shape index (κ3) is 3.07. The van der Waals surface area contributed by atoms with Gasteiger partial charge in [0.1, 0.15) is 24.0 Å². The Hall–Kier alpha value is -1.89. The van der Waals surface area contributed by atoms with E-state index < -0.39 is 6.04 Å².